The van der Waals surface area contributed by atoms with Gasteiger partial charge in [0.25, 0.3) is 0 Å². The average molecular weight is 476 g/mol. The van der Waals surface area contributed by atoms with Crippen LogP contribution in [-0.2, 0) is 21.4 Å². The summed E-state index contributed by atoms with van der Waals surface area (Å²) in [5.41, 5.74) is 1.58. The smallest absolute Gasteiger partial charge is 0.414 e. The summed E-state index contributed by atoms with van der Waals surface area (Å²) in [6.07, 6.45) is 0.479. The second-order valence-corrected chi connectivity index (χ2v) is 10.0. The van der Waals surface area contributed by atoms with Crippen LogP contribution < -0.4 is 4.90 Å². The monoisotopic (exact) mass is 474 g/mol. The van der Waals surface area contributed by atoms with Crippen molar-refractivity contribution in [2.45, 2.75) is 30.4 Å². The third-order valence-corrected chi connectivity index (χ3v) is 8.24. The zero-order chi connectivity index (χ0) is 20.8. The van der Waals surface area contributed by atoms with Crippen LogP contribution in [0.4, 0.5) is 10.5 Å². The highest BCUT2D eigenvalue weighted by atomic mass is 35.5. The van der Waals surface area contributed by atoms with Crippen LogP contribution in [0.15, 0.2) is 41.3 Å². The van der Waals surface area contributed by atoms with Crippen molar-refractivity contribution in [3.8, 4) is 0 Å². The first-order valence-corrected chi connectivity index (χ1v) is 11.5. The number of anilines is 1. The lowest BCUT2D eigenvalue weighted by Crippen LogP contribution is -2.50. The molecule has 2 aromatic rings. The Morgan fingerprint density at radius 3 is 2.31 bits per heavy atom. The summed E-state index contributed by atoms with van der Waals surface area (Å²) in [7, 11) is -3.84. The maximum Gasteiger partial charge on any atom is 0.414 e. The number of rotatable bonds is 3. The minimum Gasteiger partial charge on any atom is -0.444 e. The first-order chi connectivity index (χ1) is 13.8. The highest BCUT2D eigenvalue weighted by Gasteiger charge is 2.38. The van der Waals surface area contributed by atoms with Crippen molar-refractivity contribution in [3.05, 3.63) is 57.0 Å². The standard InChI is InChI=1S/C19H17Cl3N2O4S/c20-13-4-5-17-12(10-13)11-28-19(25)24(17)14-6-8-23(9-7-14)29(26,27)18-15(21)2-1-3-16(18)22/h1-5,10,14H,6-9,11H2. The van der Waals surface area contributed by atoms with Crippen molar-refractivity contribution in [2.75, 3.05) is 18.0 Å². The van der Waals surface area contributed by atoms with Gasteiger partial charge in [-0.15, -0.1) is 0 Å². The topological polar surface area (TPSA) is 66.9 Å². The number of hydrogen-bond donors (Lipinski definition) is 0. The van der Waals surface area contributed by atoms with Crippen molar-refractivity contribution >= 4 is 56.6 Å². The van der Waals surface area contributed by atoms with Gasteiger partial charge in [0.05, 0.1) is 15.7 Å². The fourth-order valence-corrected chi connectivity index (χ4v) is 6.51. The van der Waals surface area contributed by atoms with Gasteiger partial charge in [0.1, 0.15) is 11.5 Å². The number of hydrogen-bond acceptors (Lipinski definition) is 4. The number of halogens is 3. The number of nitrogens with zero attached hydrogens (tertiary/aromatic N) is 2. The molecule has 0 spiro atoms. The molecule has 2 aliphatic rings. The van der Waals surface area contributed by atoms with Crippen molar-refractivity contribution in [2.24, 2.45) is 0 Å². The molecule has 0 aliphatic carbocycles. The second kappa shape index (κ2) is 7.96. The van der Waals surface area contributed by atoms with Gasteiger partial charge in [-0.25, -0.2) is 13.2 Å². The molecule has 154 valence electrons. The molecular formula is C19H17Cl3N2O4S. The molecule has 0 bridgehead atoms. The quantitative estimate of drug-likeness (QED) is 0.629. The predicted molar refractivity (Wildman–Crippen MR) is 112 cm³/mol. The number of fused-ring (bicyclic) bond motifs is 1. The van der Waals surface area contributed by atoms with E-state index in [2.05, 4.69) is 0 Å². The molecule has 2 aliphatic heterocycles. The molecule has 2 aromatic carbocycles. The highest BCUT2D eigenvalue weighted by Crippen LogP contribution is 2.36. The number of amides is 1. The van der Waals surface area contributed by atoms with E-state index in [1.165, 1.54) is 16.4 Å². The molecule has 6 nitrogen and oxygen atoms in total. The van der Waals surface area contributed by atoms with Gasteiger partial charge in [-0.2, -0.15) is 4.31 Å². The number of cyclic esters (lactones) is 1. The van der Waals surface area contributed by atoms with Gasteiger partial charge >= 0.3 is 6.09 Å². The van der Waals surface area contributed by atoms with E-state index in [-0.39, 0.29) is 40.7 Å². The molecule has 0 saturated carbocycles. The van der Waals surface area contributed by atoms with Gasteiger partial charge in [-0.3, -0.25) is 4.90 Å². The van der Waals surface area contributed by atoms with Gasteiger partial charge in [0.15, 0.2) is 0 Å². The SMILES string of the molecule is O=C1OCc2cc(Cl)ccc2N1C1CCN(S(=O)(=O)c2c(Cl)cccc2Cl)CC1. The Bertz CT molecular complexity index is 1050. The number of benzene rings is 2. The molecule has 0 N–H and O–H groups in total. The molecule has 1 amide bonds. The third kappa shape index (κ3) is 3.82. The Morgan fingerprint density at radius 2 is 1.66 bits per heavy atom. The van der Waals surface area contributed by atoms with E-state index in [9.17, 15) is 13.2 Å². The van der Waals surface area contributed by atoms with E-state index in [0.29, 0.717) is 17.9 Å². The van der Waals surface area contributed by atoms with Crippen LogP contribution in [0.5, 0.6) is 0 Å². The molecule has 4 rings (SSSR count). The summed E-state index contributed by atoms with van der Waals surface area (Å²) >= 11 is 18.2. The van der Waals surface area contributed by atoms with Crippen LogP contribution in [0.2, 0.25) is 15.1 Å². The summed E-state index contributed by atoms with van der Waals surface area (Å²) in [6.45, 7) is 0.645. The van der Waals surface area contributed by atoms with Crippen LogP contribution in [0.25, 0.3) is 0 Å². The second-order valence-electron chi connectivity index (χ2n) is 6.88. The Balaban J connectivity index is 1.55. The molecule has 0 unspecified atom stereocenters. The molecule has 0 aromatic heterocycles. The number of sulfonamides is 1. The summed E-state index contributed by atoms with van der Waals surface area (Å²) in [5.74, 6) is 0. The Labute approximate surface area is 183 Å². The summed E-state index contributed by atoms with van der Waals surface area (Å²) in [5, 5.41) is 0.745. The molecule has 0 atom stereocenters. The molecule has 0 radical (unpaired) electrons. The van der Waals surface area contributed by atoms with E-state index in [0.717, 1.165) is 11.3 Å². The van der Waals surface area contributed by atoms with Crippen LogP contribution >= 0.6 is 34.8 Å². The molecule has 1 fully saturated rings. The Morgan fingerprint density at radius 1 is 1.00 bits per heavy atom. The van der Waals surface area contributed by atoms with Crippen LogP contribution in [-0.4, -0.2) is 37.9 Å². The lowest BCUT2D eigenvalue weighted by molar-refractivity contribution is 0.136. The summed E-state index contributed by atoms with van der Waals surface area (Å²) in [4.78, 5) is 13.9. The number of carbonyl (C=O) groups excluding carboxylic acids is 1. The maximum absolute atomic E-state index is 13.0. The zero-order valence-electron chi connectivity index (χ0n) is 15.1. The van der Waals surface area contributed by atoms with Crippen molar-refractivity contribution in [1.82, 2.24) is 4.31 Å². The van der Waals surface area contributed by atoms with Crippen LogP contribution in [0.1, 0.15) is 18.4 Å². The lowest BCUT2D eigenvalue weighted by Gasteiger charge is -2.39. The highest BCUT2D eigenvalue weighted by molar-refractivity contribution is 7.89. The first-order valence-electron chi connectivity index (χ1n) is 8.97. The van der Waals surface area contributed by atoms with Crippen molar-refractivity contribution in [3.63, 3.8) is 0 Å². The van der Waals surface area contributed by atoms with Gasteiger partial charge in [-0.1, -0.05) is 40.9 Å². The number of piperidine rings is 1. The van der Waals surface area contributed by atoms with Gasteiger partial charge < -0.3 is 4.74 Å². The van der Waals surface area contributed by atoms with E-state index >= 15 is 0 Å². The minimum atomic E-state index is -3.84. The van der Waals surface area contributed by atoms with E-state index in [1.807, 2.05) is 0 Å². The van der Waals surface area contributed by atoms with E-state index in [1.54, 1.807) is 29.2 Å². The van der Waals surface area contributed by atoms with Gasteiger partial charge in [0, 0.05) is 29.7 Å². The van der Waals surface area contributed by atoms with E-state index < -0.39 is 16.1 Å². The Hall–Kier alpha value is -1.51. The molecule has 1 saturated heterocycles. The maximum atomic E-state index is 13.0. The summed E-state index contributed by atoms with van der Waals surface area (Å²) < 4.78 is 32.7. The van der Waals surface area contributed by atoms with E-state index in [4.69, 9.17) is 39.5 Å². The van der Waals surface area contributed by atoms with Crippen molar-refractivity contribution < 1.29 is 17.9 Å². The normalized spacial score (nSPS) is 18.4. The molecule has 2 heterocycles. The molecule has 29 heavy (non-hydrogen) atoms. The predicted octanol–water partition coefficient (Wildman–Crippen LogP) is 4.96. The van der Waals surface area contributed by atoms with Crippen LogP contribution in [0.3, 0.4) is 0 Å². The largest absolute Gasteiger partial charge is 0.444 e. The number of carbonyl (C=O) groups is 1. The third-order valence-electron chi connectivity index (χ3n) is 5.15. The number of ether oxygens (including phenoxy) is 1. The van der Waals surface area contributed by atoms with Gasteiger partial charge in [-0.05, 0) is 43.2 Å². The minimum absolute atomic E-state index is 0.0841. The van der Waals surface area contributed by atoms with Gasteiger partial charge in [0.2, 0.25) is 10.0 Å². The average Bonchev–Trinajstić information content (AvgIpc) is 2.68. The van der Waals surface area contributed by atoms with Crippen LogP contribution in [0, 0.1) is 0 Å². The molecule has 10 heteroatoms. The molecular weight excluding hydrogens is 459 g/mol. The lowest BCUT2D eigenvalue weighted by atomic mass is 10.0. The van der Waals surface area contributed by atoms with Crippen molar-refractivity contribution in [1.29, 1.82) is 0 Å². The Kier molecular flexibility index (Phi) is 5.70. The fourth-order valence-electron chi connectivity index (χ4n) is 3.76. The first kappa shape index (κ1) is 20.8. The fraction of sp³-hybridized carbons (Fsp3) is 0.316. The zero-order valence-corrected chi connectivity index (χ0v) is 18.2. The summed E-state index contributed by atoms with van der Waals surface area (Å²) in [6, 6.07) is 9.71.